The number of carbonyl (C=O) groups excluding carboxylic acids is 1. The molecule has 1 atom stereocenters. The van der Waals surface area contributed by atoms with Gasteiger partial charge in [0.2, 0.25) is 0 Å². The topological polar surface area (TPSA) is 74.2 Å². The number of aliphatic hydroxyl groups is 1. The van der Waals surface area contributed by atoms with Gasteiger partial charge in [-0.15, -0.1) is 11.3 Å². The van der Waals surface area contributed by atoms with Crippen molar-refractivity contribution in [3.8, 4) is 0 Å². The van der Waals surface area contributed by atoms with Gasteiger partial charge in [0.15, 0.2) is 0 Å². The lowest BCUT2D eigenvalue weighted by Crippen LogP contribution is -2.32. The molecule has 0 saturated heterocycles. The fraction of sp³-hybridized carbons (Fsp3) is 0.263. The van der Waals surface area contributed by atoms with Crippen LogP contribution < -0.4 is 10.6 Å². The number of carbonyl (C=O) groups is 1. The average molecular weight is 373 g/mol. The standard InChI is InChI=1S/C19H20FN3O2S/c1-11(2)18-23-15-7-6-14(9-17(15)26-18)22-19(25)21-10-16(24)12-4-3-5-13(20)8-12/h3-9,11,16,24H,10H2,1-2H3,(H2,21,22,25). The molecule has 0 bridgehead atoms. The number of rotatable bonds is 5. The van der Waals surface area contributed by atoms with Crippen LogP contribution in [0.25, 0.3) is 10.2 Å². The molecule has 136 valence electrons. The van der Waals surface area contributed by atoms with Gasteiger partial charge in [0.05, 0.1) is 21.3 Å². The van der Waals surface area contributed by atoms with E-state index >= 15 is 0 Å². The van der Waals surface area contributed by atoms with Crippen molar-refractivity contribution in [2.75, 3.05) is 11.9 Å². The van der Waals surface area contributed by atoms with Gasteiger partial charge in [0.25, 0.3) is 0 Å². The van der Waals surface area contributed by atoms with Crippen molar-refractivity contribution in [1.82, 2.24) is 10.3 Å². The third-order valence-corrected chi connectivity index (χ3v) is 5.16. The fourth-order valence-corrected chi connectivity index (χ4v) is 3.47. The molecule has 0 aliphatic heterocycles. The van der Waals surface area contributed by atoms with E-state index in [0.29, 0.717) is 17.2 Å². The number of amides is 2. The summed E-state index contributed by atoms with van der Waals surface area (Å²) in [5.74, 6) is -0.0685. The Labute approximate surface area is 154 Å². The summed E-state index contributed by atoms with van der Waals surface area (Å²) >= 11 is 1.61. The molecule has 1 unspecified atom stereocenters. The minimum Gasteiger partial charge on any atom is -0.387 e. The predicted octanol–water partition coefficient (Wildman–Crippen LogP) is 4.41. The number of halogens is 1. The Kier molecular flexibility index (Phi) is 5.49. The fourth-order valence-electron chi connectivity index (χ4n) is 2.46. The maximum absolute atomic E-state index is 13.2. The molecule has 0 saturated carbocycles. The lowest BCUT2D eigenvalue weighted by molar-refractivity contribution is 0.174. The van der Waals surface area contributed by atoms with Crippen LogP contribution in [0.2, 0.25) is 0 Å². The molecule has 0 aliphatic carbocycles. The minimum atomic E-state index is -0.978. The lowest BCUT2D eigenvalue weighted by Gasteiger charge is -2.13. The number of anilines is 1. The summed E-state index contributed by atoms with van der Waals surface area (Å²) in [6, 6.07) is 10.8. The second-order valence-corrected chi connectivity index (χ2v) is 7.36. The van der Waals surface area contributed by atoms with E-state index in [1.165, 1.54) is 18.2 Å². The van der Waals surface area contributed by atoms with Gasteiger partial charge >= 0.3 is 6.03 Å². The maximum atomic E-state index is 13.2. The van der Waals surface area contributed by atoms with Crippen LogP contribution >= 0.6 is 11.3 Å². The van der Waals surface area contributed by atoms with Crippen molar-refractivity contribution < 1.29 is 14.3 Å². The third kappa shape index (κ3) is 4.36. The number of aromatic nitrogens is 1. The Morgan fingerprint density at radius 3 is 2.81 bits per heavy atom. The number of nitrogens with zero attached hydrogens (tertiary/aromatic N) is 1. The van der Waals surface area contributed by atoms with Crippen LogP contribution in [0.15, 0.2) is 42.5 Å². The molecule has 3 rings (SSSR count). The number of fused-ring (bicyclic) bond motifs is 1. The zero-order valence-electron chi connectivity index (χ0n) is 14.5. The first kappa shape index (κ1) is 18.3. The van der Waals surface area contributed by atoms with Crippen molar-refractivity contribution in [2.45, 2.75) is 25.9 Å². The third-order valence-electron chi connectivity index (χ3n) is 3.85. The highest BCUT2D eigenvalue weighted by Crippen LogP contribution is 2.29. The largest absolute Gasteiger partial charge is 0.387 e. The zero-order chi connectivity index (χ0) is 18.7. The molecular formula is C19H20FN3O2S. The summed E-state index contributed by atoms with van der Waals surface area (Å²) in [5.41, 5.74) is 1.97. The first-order chi connectivity index (χ1) is 12.4. The van der Waals surface area contributed by atoms with Gasteiger partial charge in [-0.25, -0.2) is 14.2 Å². The molecule has 0 aliphatic rings. The van der Waals surface area contributed by atoms with Gasteiger partial charge in [0, 0.05) is 18.2 Å². The highest BCUT2D eigenvalue weighted by atomic mass is 32.1. The van der Waals surface area contributed by atoms with E-state index in [2.05, 4.69) is 29.5 Å². The lowest BCUT2D eigenvalue weighted by atomic mass is 10.1. The van der Waals surface area contributed by atoms with E-state index in [1.54, 1.807) is 23.5 Å². The molecule has 1 heterocycles. The van der Waals surface area contributed by atoms with Gasteiger partial charge < -0.3 is 15.7 Å². The zero-order valence-corrected chi connectivity index (χ0v) is 15.3. The number of thiazole rings is 1. The van der Waals surface area contributed by atoms with Crippen LogP contribution in [0, 0.1) is 5.82 Å². The van der Waals surface area contributed by atoms with Crippen LogP contribution in [-0.4, -0.2) is 22.7 Å². The van der Waals surface area contributed by atoms with E-state index in [9.17, 15) is 14.3 Å². The van der Waals surface area contributed by atoms with Crippen molar-refractivity contribution in [3.05, 3.63) is 58.9 Å². The molecule has 2 aromatic carbocycles. The number of aliphatic hydroxyl groups excluding tert-OH is 1. The van der Waals surface area contributed by atoms with Gasteiger partial charge in [-0.3, -0.25) is 0 Å². The number of urea groups is 1. The molecule has 26 heavy (non-hydrogen) atoms. The van der Waals surface area contributed by atoms with Gasteiger partial charge in [-0.05, 0) is 35.9 Å². The SMILES string of the molecule is CC(C)c1nc2ccc(NC(=O)NCC(O)c3cccc(F)c3)cc2s1. The second-order valence-electron chi connectivity index (χ2n) is 6.30. The number of benzene rings is 2. The van der Waals surface area contributed by atoms with Crippen LogP contribution in [0.3, 0.4) is 0 Å². The summed E-state index contributed by atoms with van der Waals surface area (Å²) in [5, 5.41) is 16.4. The summed E-state index contributed by atoms with van der Waals surface area (Å²) in [4.78, 5) is 16.6. The quantitative estimate of drug-likeness (QED) is 0.620. The van der Waals surface area contributed by atoms with Crippen LogP contribution in [0.5, 0.6) is 0 Å². The Hall–Kier alpha value is -2.51. The van der Waals surface area contributed by atoms with Gasteiger partial charge in [-0.2, -0.15) is 0 Å². The van der Waals surface area contributed by atoms with Gasteiger partial charge in [-0.1, -0.05) is 26.0 Å². The molecule has 0 fully saturated rings. The van der Waals surface area contributed by atoms with Crippen molar-refractivity contribution >= 4 is 33.3 Å². The van der Waals surface area contributed by atoms with Crippen LogP contribution in [0.4, 0.5) is 14.9 Å². The first-order valence-electron chi connectivity index (χ1n) is 8.31. The summed E-state index contributed by atoms with van der Waals surface area (Å²) in [7, 11) is 0. The van der Waals surface area contributed by atoms with Gasteiger partial charge in [0.1, 0.15) is 5.82 Å². The highest BCUT2D eigenvalue weighted by molar-refractivity contribution is 7.18. The van der Waals surface area contributed by atoms with E-state index < -0.39 is 18.0 Å². The number of hydrogen-bond donors (Lipinski definition) is 3. The highest BCUT2D eigenvalue weighted by Gasteiger charge is 2.12. The summed E-state index contributed by atoms with van der Waals surface area (Å²) in [6.45, 7) is 4.16. The average Bonchev–Trinajstić information content (AvgIpc) is 3.03. The molecule has 3 aromatic rings. The first-order valence-corrected chi connectivity index (χ1v) is 9.13. The van der Waals surface area contributed by atoms with Crippen molar-refractivity contribution in [2.24, 2.45) is 0 Å². The summed E-state index contributed by atoms with van der Waals surface area (Å²) < 4.78 is 14.2. The number of hydrogen-bond acceptors (Lipinski definition) is 4. The number of nitrogens with one attached hydrogen (secondary N) is 2. The monoisotopic (exact) mass is 373 g/mol. The molecule has 0 spiro atoms. The normalized spacial score (nSPS) is 12.3. The van der Waals surface area contributed by atoms with E-state index in [-0.39, 0.29) is 6.54 Å². The van der Waals surface area contributed by atoms with E-state index in [4.69, 9.17) is 0 Å². The van der Waals surface area contributed by atoms with Crippen LogP contribution in [-0.2, 0) is 0 Å². The second kappa shape index (κ2) is 7.80. The Balaban J connectivity index is 1.60. The molecule has 1 aromatic heterocycles. The predicted molar refractivity (Wildman–Crippen MR) is 102 cm³/mol. The molecule has 2 amide bonds. The molecule has 0 radical (unpaired) electrons. The van der Waals surface area contributed by atoms with E-state index in [1.807, 2.05) is 12.1 Å². The summed E-state index contributed by atoms with van der Waals surface area (Å²) in [6.07, 6.45) is -0.978. The van der Waals surface area contributed by atoms with Crippen molar-refractivity contribution in [1.29, 1.82) is 0 Å². The maximum Gasteiger partial charge on any atom is 0.319 e. The molecule has 3 N–H and O–H groups in total. The van der Waals surface area contributed by atoms with Crippen molar-refractivity contribution in [3.63, 3.8) is 0 Å². The minimum absolute atomic E-state index is 0.0183. The molecule has 7 heteroatoms. The smallest absolute Gasteiger partial charge is 0.319 e. The van der Waals surface area contributed by atoms with Crippen LogP contribution in [0.1, 0.15) is 36.4 Å². The van der Waals surface area contributed by atoms with E-state index in [0.717, 1.165) is 15.2 Å². The molecular weight excluding hydrogens is 353 g/mol. The molecule has 5 nitrogen and oxygen atoms in total. The Morgan fingerprint density at radius 1 is 1.27 bits per heavy atom. The Morgan fingerprint density at radius 2 is 2.08 bits per heavy atom. The Bertz CT molecular complexity index is 926.